The van der Waals surface area contributed by atoms with E-state index in [0.29, 0.717) is 11.4 Å². The highest BCUT2D eigenvalue weighted by Crippen LogP contribution is 2.19. The average Bonchev–Trinajstić information content (AvgIpc) is 3.75. The van der Waals surface area contributed by atoms with E-state index >= 15 is 0 Å². The number of nitrogens with zero attached hydrogens (tertiary/aromatic N) is 2. The Bertz CT molecular complexity index is 1570. The number of para-hydroxylation sites is 1. The summed E-state index contributed by atoms with van der Waals surface area (Å²) in [4.78, 5) is 79.6. The van der Waals surface area contributed by atoms with Crippen LogP contribution in [-0.4, -0.2) is 83.8 Å². The zero-order valence-corrected chi connectivity index (χ0v) is 22.9. The van der Waals surface area contributed by atoms with Crippen LogP contribution < -0.4 is 27.4 Å². The highest BCUT2D eigenvalue weighted by molar-refractivity contribution is 5.96. The van der Waals surface area contributed by atoms with Crippen molar-refractivity contribution < 1.29 is 29.1 Å². The Morgan fingerprint density at radius 3 is 1.98 bits per heavy atom. The predicted molar refractivity (Wildman–Crippen MR) is 152 cm³/mol. The Kier molecular flexibility index (Phi) is 9.85. The van der Waals surface area contributed by atoms with E-state index in [0.717, 1.165) is 16.5 Å². The molecule has 16 nitrogen and oxygen atoms in total. The lowest BCUT2D eigenvalue weighted by Gasteiger charge is -2.24. The predicted octanol–water partition coefficient (Wildman–Crippen LogP) is -1.62. The number of hydrogen-bond acceptors (Lipinski definition) is 8. The molecule has 4 rings (SSSR count). The molecule has 4 atom stereocenters. The smallest absolute Gasteiger partial charge is 0.326 e. The van der Waals surface area contributed by atoms with Crippen molar-refractivity contribution in [3.05, 3.63) is 72.5 Å². The van der Waals surface area contributed by atoms with Crippen molar-refractivity contribution in [2.45, 2.75) is 49.9 Å². The number of carbonyl (C=O) groups is 5. The van der Waals surface area contributed by atoms with Gasteiger partial charge in [-0.3, -0.25) is 19.2 Å². The number of carbonyl (C=O) groups excluding carboxylic acids is 4. The van der Waals surface area contributed by atoms with Gasteiger partial charge in [0, 0.05) is 53.7 Å². The molecule has 11 N–H and O–H groups in total. The summed E-state index contributed by atoms with van der Waals surface area (Å²) in [7, 11) is 0. The molecule has 226 valence electrons. The van der Waals surface area contributed by atoms with Gasteiger partial charge in [-0.15, -0.1) is 0 Å². The zero-order valence-electron chi connectivity index (χ0n) is 22.9. The van der Waals surface area contributed by atoms with Gasteiger partial charge in [0.2, 0.25) is 23.6 Å². The minimum Gasteiger partial charge on any atom is -0.480 e. The van der Waals surface area contributed by atoms with Gasteiger partial charge in [-0.2, -0.15) is 0 Å². The van der Waals surface area contributed by atoms with Crippen molar-refractivity contribution >= 4 is 40.5 Å². The molecule has 0 saturated heterocycles. The van der Waals surface area contributed by atoms with Gasteiger partial charge in [-0.1, -0.05) is 18.2 Å². The number of amides is 4. The van der Waals surface area contributed by atoms with E-state index in [1.54, 1.807) is 6.20 Å². The topological polar surface area (TPSA) is 267 Å². The molecule has 0 radical (unpaired) electrons. The first kappa shape index (κ1) is 30.4. The molecular weight excluding hydrogens is 560 g/mol. The molecule has 0 fully saturated rings. The molecular formula is C27H32N10O6. The monoisotopic (exact) mass is 592 g/mol. The van der Waals surface area contributed by atoms with Crippen LogP contribution in [0, 0.1) is 0 Å². The fourth-order valence-corrected chi connectivity index (χ4v) is 4.51. The Morgan fingerprint density at radius 1 is 0.791 bits per heavy atom. The number of imidazole rings is 2. The standard InChI is InChI=1S/C27H32N10O6/c28-18(5-14-9-32-19-4-2-1-3-17(14)19)24(39)35-20(6-15-10-30-12-33-15)25(40)36-21(8-23(29)38)26(41)37-22(27(42)43)7-16-11-31-13-34-16/h1-4,9-13,18,20-22,32H,5-8,28H2,(H2,29,38)(H,30,33)(H,31,34)(H,35,39)(H,36,40)(H,37,41)(H,42,43). The van der Waals surface area contributed by atoms with Crippen LogP contribution in [0.5, 0.6) is 0 Å². The van der Waals surface area contributed by atoms with Crippen LogP contribution in [0.15, 0.2) is 55.5 Å². The van der Waals surface area contributed by atoms with Crippen LogP contribution in [-0.2, 0) is 43.2 Å². The third kappa shape index (κ3) is 8.26. The first-order valence-electron chi connectivity index (χ1n) is 13.3. The summed E-state index contributed by atoms with van der Waals surface area (Å²) in [6, 6.07) is 2.33. The summed E-state index contributed by atoms with van der Waals surface area (Å²) in [5.41, 5.74) is 14.2. The molecule has 0 spiro atoms. The number of benzene rings is 1. The minimum absolute atomic E-state index is 0.0557. The van der Waals surface area contributed by atoms with Crippen molar-refractivity contribution in [2.75, 3.05) is 0 Å². The quantitative estimate of drug-likeness (QED) is 0.0767. The number of nitrogens with two attached hydrogens (primary N) is 2. The van der Waals surface area contributed by atoms with E-state index in [1.807, 2.05) is 24.3 Å². The summed E-state index contributed by atoms with van der Waals surface area (Å²) in [5, 5.41) is 17.9. The van der Waals surface area contributed by atoms with E-state index < -0.39 is 60.2 Å². The third-order valence-corrected chi connectivity index (χ3v) is 6.70. The maximum Gasteiger partial charge on any atom is 0.326 e. The second-order valence-corrected chi connectivity index (χ2v) is 9.92. The summed E-state index contributed by atoms with van der Waals surface area (Å²) in [6.07, 6.45) is 6.72. The molecule has 16 heteroatoms. The van der Waals surface area contributed by atoms with Crippen LogP contribution in [0.2, 0.25) is 0 Å². The van der Waals surface area contributed by atoms with Crippen molar-refractivity contribution in [1.29, 1.82) is 0 Å². The van der Waals surface area contributed by atoms with Gasteiger partial charge in [-0.05, 0) is 18.1 Å². The Labute approximate surface area is 244 Å². The second-order valence-electron chi connectivity index (χ2n) is 9.92. The molecule has 3 heterocycles. The minimum atomic E-state index is -1.53. The molecule has 4 aromatic rings. The molecule has 4 unspecified atom stereocenters. The summed E-state index contributed by atoms with van der Waals surface area (Å²) < 4.78 is 0. The number of primary amides is 1. The molecule has 0 saturated carbocycles. The summed E-state index contributed by atoms with van der Waals surface area (Å²) in [6.45, 7) is 0. The van der Waals surface area contributed by atoms with E-state index in [1.165, 1.54) is 25.0 Å². The van der Waals surface area contributed by atoms with Crippen LogP contribution in [0.1, 0.15) is 23.4 Å². The molecule has 3 aromatic heterocycles. The maximum absolute atomic E-state index is 13.4. The first-order chi connectivity index (χ1) is 20.6. The third-order valence-electron chi connectivity index (χ3n) is 6.70. The number of aromatic amines is 3. The largest absolute Gasteiger partial charge is 0.480 e. The lowest BCUT2D eigenvalue weighted by atomic mass is 10.0. The van der Waals surface area contributed by atoms with Crippen LogP contribution in [0.25, 0.3) is 10.9 Å². The molecule has 0 aliphatic rings. The van der Waals surface area contributed by atoms with Gasteiger partial charge in [0.05, 0.1) is 25.1 Å². The molecule has 0 aliphatic carbocycles. The number of hydrogen-bond donors (Lipinski definition) is 9. The number of H-pyrrole nitrogens is 3. The molecule has 0 bridgehead atoms. The fraction of sp³-hybridized carbons (Fsp3) is 0.296. The van der Waals surface area contributed by atoms with Gasteiger partial charge < -0.3 is 47.5 Å². The number of rotatable bonds is 15. The van der Waals surface area contributed by atoms with Crippen LogP contribution in [0.3, 0.4) is 0 Å². The van der Waals surface area contributed by atoms with E-state index in [-0.39, 0.29) is 19.3 Å². The first-order valence-corrected chi connectivity index (χ1v) is 13.3. The molecule has 1 aromatic carbocycles. The number of fused-ring (bicyclic) bond motifs is 1. The number of carboxylic acid groups (broad SMARTS) is 1. The van der Waals surface area contributed by atoms with Crippen molar-refractivity contribution in [3.8, 4) is 0 Å². The second kappa shape index (κ2) is 13.9. The summed E-state index contributed by atoms with van der Waals surface area (Å²) in [5.74, 6) is -4.69. The fourth-order valence-electron chi connectivity index (χ4n) is 4.51. The molecule has 43 heavy (non-hydrogen) atoms. The van der Waals surface area contributed by atoms with Gasteiger partial charge in [0.15, 0.2) is 0 Å². The van der Waals surface area contributed by atoms with Crippen molar-refractivity contribution in [3.63, 3.8) is 0 Å². The SMILES string of the molecule is NC(=O)CC(NC(=O)C(Cc1cnc[nH]1)NC(=O)C(N)Cc1c[nH]c2ccccc12)C(=O)NC(Cc1cnc[nH]1)C(=O)O. The Morgan fingerprint density at radius 2 is 1.37 bits per heavy atom. The van der Waals surface area contributed by atoms with Gasteiger partial charge in [0.1, 0.15) is 18.1 Å². The van der Waals surface area contributed by atoms with Crippen LogP contribution in [0.4, 0.5) is 0 Å². The number of aromatic nitrogens is 5. The van der Waals surface area contributed by atoms with Gasteiger partial charge >= 0.3 is 5.97 Å². The van der Waals surface area contributed by atoms with E-state index in [2.05, 4.69) is 40.9 Å². The number of aliphatic carboxylic acids is 1. The lowest BCUT2D eigenvalue weighted by Crippen LogP contribution is -2.58. The highest BCUT2D eigenvalue weighted by Gasteiger charge is 2.32. The van der Waals surface area contributed by atoms with Crippen molar-refractivity contribution in [1.82, 2.24) is 40.9 Å². The zero-order chi connectivity index (χ0) is 30.9. The highest BCUT2D eigenvalue weighted by atomic mass is 16.4. The molecule has 0 aliphatic heterocycles. The number of carboxylic acids is 1. The van der Waals surface area contributed by atoms with Gasteiger partial charge in [0.25, 0.3) is 0 Å². The Balaban J connectivity index is 1.47. The van der Waals surface area contributed by atoms with Gasteiger partial charge in [-0.25, -0.2) is 14.8 Å². The Hall–Kier alpha value is -5.51. The normalized spacial score (nSPS) is 13.9. The summed E-state index contributed by atoms with van der Waals surface area (Å²) >= 11 is 0. The maximum atomic E-state index is 13.4. The van der Waals surface area contributed by atoms with Crippen molar-refractivity contribution in [2.24, 2.45) is 11.5 Å². The average molecular weight is 593 g/mol. The van der Waals surface area contributed by atoms with E-state index in [9.17, 15) is 29.1 Å². The van der Waals surface area contributed by atoms with E-state index in [4.69, 9.17) is 11.5 Å². The number of nitrogens with one attached hydrogen (secondary N) is 6. The lowest BCUT2D eigenvalue weighted by molar-refractivity contribution is -0.142. The van der Waals surface area contributed by atoms with Crippen LogP contribution >= 0.6 is 0 Å². The molecule has 4 amide bonds.